The first kappa shape index (κ1) is 11.7. The second-order valence-corrected chi connectivity index (χ2v) is 4.24. The molecule has 17 heavy (non-hydrogen) atoms. The van der Waals surface area contributed by atoms with Crippen LogP contribution in [0.4, 0.5) is 0 Å². The molecule has 1 aromatic heterocycles. The zero-order chi connectivity index (χ0) is 12.3. The third-order valence-electron chi connectivity index (χ3n) is 3.06. The number of carbonyl (C=O) groups is 1. The smallest absolute Gasteiger partial charge is 0.220 e. The van der Waals surface area contributed by atoms with Crippen LogP contribution in [-0.4, -0.2) is 17.4 Å². The fourth-order valence-corrected chi connectivity index (χ4v) is 2.11. The van der Waals surface area contributed by atoms with Gasteiger partial charge in [-0.1, -0.05) is 18.2 Å². The minimum absolute atomic E-state index is 0.181. The van der Waals surface area contributed by atoms with Crippen molar-refractivity contribution in [3.05, 3.63) is 36.0 Å². The molecule has 0 radical (unpaired) electrons. The Morgan fingerprint density at radius 3 is 2.82 bits per heavy atom. The Bertz CT molecular complexity index is 518. The van der Waals surface area contributed by atoms with E-state index in [1.165, 1.54) is 0 Å². The molecule has 0 spiro atoms. The van der Waals surface area contributed by atoms with Gasteiger partial charge in [-0.25, -0.2) is 0 Å². The molecule has 1 unspecified atom stereocenters. The molecule has 0 saturated carbocycles. The van der Waals surface area contributed by atoms with E-state index in [9.17, 15) is 4.79 Å². The lowest BCUT2D eigenvalue weighted by atomic mass is 9.95. The van der Waals surface area contributed by atoms with Crippen molar-refractivity contribution < 1.29 is 4.79 Å². The van der Waals surface area contributed by atoms with E-state index < -0.39 is 0 Å². The first-order valence-electron chi connectivity index (χ1n) is 5.76. The van der Waals surface area contributed by atoms with Gasteiger partial charge in [-0.2, -0.15) is 0 Å². The molecule has 1 heterocycles. The highest BCUT2D eigenvalue weighted by molar-refractivity contribution is 5.84. The van der Waals surface area contributed by atoms with E-state index in [1.807, 2.05) is 30.5 Å². The topological polar surface area (TPSA) is 84.9 Å². The number of aromatic nitrogens is 1. The third-order valence-corrected chi connectivity index (χ3v) is 3.06. The number of rotatable bonds is 5. The molecule has 4 heteroatoms. The van der Waals surface area contributed by atoms with Gasteiger partial charge in [-0.15, -0.1) is 0 Å². The monoisotopic (exact) mass is 231 g/mol. The Hall–Kier alpha value is -1.81. The van der Waals surface area contributed by atoms with Gasteiger partial charge >= 0.3 is 0 Å². The molecule has 1 amide bonds. The summed E-state index contributed by atoms with van der Waals surface area (Å²) in [6.45, 7) is 0.482. The number of hydrogen-bond acceptors (Lipinski definition) is 2. The molecule has 1 atom stereocenters. The van der Waals surface area contributed by atoms with Crippen LogP contribution < -0.4 is 11.5 Å². The van der Waals surface area contributed by atoms with Crippen molar-refractivity contribution in [2.75, 3.05) is 6.54 Å². The first-order chi connectivity index (χ1) is 8.22. The fourth-order valence-electron chi connectivity index (χ4n) is 2.11. The highest BCUT2D eigenvalue weighted by Gasteiger charge is 2.16. The maximum absolute atomic E-state index is 11.3. The van der Waals surface area contributed by atoms with Crippen LogP contribution in [0, 0.1) is 5.92 Å². The van der Waals surface area contributed by atoms with Gasteiger partial charge in [0, 0.05) is 23.0 Å². The van der Waals surface area contributed by atoms with Crippen molar-refractivity contribution >= 4 is 16.8 Å². The predicted octanol–water partition coefficient (Wildman–Crippen LogP) is 1.16. The van der Waals surface area contributed by atoms with Crippen LogP contribution in [0.25, 0.3) is 10.9 Å². The van der Waals surface area contributed by atoms with Gasteiger partial charge in [0.05, 0.1) is 0 Å². The van der Waals surface area contributed by atoms with Crippen molar-refractivity contribution in [1.29, 1.82) is 0 Å². The molecule has 1 aromatic carbocycles. The van der Waals surface area contributed by atoms with E-state index in [2.05, 4.69) is 4.98 Å². The third kappa shape index (κ3) is 2.47. The summed E-state index contributed by atoms with van der Waals surface area (Å²) in [7, 11) is 0. The first-order valence-corrected chi connectivity index (χ1v) is 5.76. The standard InChI is InChI=1S/C13H17N3O/c14-6-5-9(13(15)17)7-10-8-16-12-4-2-1-3-11(10)12/h1-4,8-9,16H,5-7,14H2,(H2,15,17). The van der Waals surface area contributed by atoms with Crippen LogP contribution in [0.15, 0.2) is 30.5 Å². The number of nitrogens with one attached hydrogen (secondary N) is 1. The largest absolute Gasteiger partial charge is 0.369 e. The lowest BCUT2D eigenvalue weighted by molar-refractivity contribution is -0.121. The van der Waals surface area contributed by atoms with E-state index in [-0.39, 0.29) is 11.8 Å². The van der Waals surface area contributed by atoms with E-state index in [1.54, 1.807) is 0 Å². The van der Waals surface area contributed by atoms with Crippen molar-refractivity contribution in [3.8, 4) is 0 Å². The Morgan fingerprint density at radius 1 is 1.35 bits per heavy atom. The Labute approximate surface area is 100.0 Å². The van der Waals surface area contributed by atoms with Crippen LogP contribution in [0.2, 0.25) is 0 Å². The van der Waals surface area contributed by atoms with Crippen LogP contribution >= 0.6 is 0 Å². The molecule has 0 bridgehead atoms. The number of nitrogens with two attached hydrogens (primary N) is 2. The molecule has 0 aliphatic rings. The molecule has 0 fully saturated rings. The summed E-state index contributed by atoms with van der Waals surface area (Å²) in [6.07, 6.45) is 3.22. The van der Waals surface area contributed by atoms with E-state index in [0.29, 0.717) is 19.4 Å². The van der Waals surface area contributed by atoms with Gasteiger partial charge in [0.1, 0.15) is 0 Å². The number of hydrogen-bond donors (Lipinski definition) is 3. The number of primary amides is 1. The quantitative estimate of drug-likeness (QED) is 0.721. The molecule has 2 aromatic rings. The van der Waals surface area contributed by atoms with Crippen molar-refractivity contribution in [2.45, 2.75) is 12.8 Å². The van der Waals surface area contributed by atoms with Gasteiger partial charge in [0.15, 0.2) is 0 Å². The minimum Gasteiger partial charge on any atom is -0.369 e. The average molecular weight is 231 g/mol. The second-order valence-electron chi connectivity index (χ2n) is 4.24. The summed E-state index contributed by atoms with van der Waals surface area (Å²) in [5.41, 5.74) is 13.1. The highest BCUT2D eigenvalue weighted by Crippen LogP contribution is 2.21. The van der Waals surface area contributed by atoms with Crippen LogP contribution in [0.1, 0.15) is 12.0 Å². The lowest BCUT2D eigenvalue weighted by Gasteiger charge is -2.11. The van der Waals surface area contributed by atoms with Gasteiger partial charge < -0.3 is 16.5 Å². The summed E-state index contributed by atoms with van der Waals surface area (Å²) in [5, 5.41) is 1.15. The van der Waals surface area contributed by atoms with E-state index in [4.69, 9.17) is 11.5 Å². The summed E-state index contributed by atoms with van der Waals surface area (Å²) >= 11 is 0. The normalized spacial score (nSPS) is 12.8. The summed E-state index contributed by atoms with van der Waals surface area (Å²) in [4.78, 5) is 14.5. The average Bonchev–Trinajstić information content (AvgIpc) is 2.72. The summed E-state index contributed by atoms with van der Waals surface area (Å²) in [5.74, 6) is -0.458. The molecule has 5 N–H and O–H groups in total. The maximum Gasteiger partial charge on any atom is 0.220 e. The predicted molar refractivity (Wildman–Crippen MR) is 68.4 cm³/mol. The van der Waals surface area contributed by atoms with Crippen LogP contribution in [-0.2, 0) is 11.2 Å². The molecule has 0 saturated heterocycles. The molecular weight excluding hydrogens is 214 g/mol. The highest BCUT2D eigenvalue weighted by atomic mass is 16.1. The summed E-state index contributed by atoms with van der Waals surface area (Å²) < 4.78 is 0. The van der Waals surface area contributed by atoms with Gasteiger partial charge in [0.2, 0.25) is 5.91 Å². The van der Waals surface area contributed by atoms with Crippen LogP contribution in [0.5, 0.6) is 0 Å². The number of para-hydroxylation sites is 1. The molecule has 0 aliphatic carbocycles. The molecule has 2 rings (SSSR count). The van der Waals surface area contributed by atoms with Crippen molar-refractivity contribution in [1.82, 2.24) is 4.98 Å². The molecule has 0 aliphatic heterocycles. The van der Waals surface area contributed by atoms with E-state index >= 15 is 0 Å². The van der Waals surface area contributed by atoms with Gasteiger partial charge in [-0.3, -0.25) is 4.79 Å². The number of aromatic amines is 1. The Morgan fingerprint density at radius 2 is 2.12 bits per heavy atom. The SMILES string of the molecule is NCCC(Cc1c[nH]c2ccccc12)C(N)=O. The Balaban J connectivity index is 2.25. The lowest BCUT2D eigenvalue weighted by Crippen LogP contribution is -2.27. The number of fused-ring (bicyclic) bond motifs is 1. The summed E-state index contributed by atoms with van der Waals surface area (Å²) in [6, 6.07) is 8.03. The fraction of sp³-hybridized carbons (Fsp3) is 0.308. The molecule has 90 valence electrons. The Kier molecular flexibility index (Phi) is 3.44. The van der Waals surface area contributed by atoms with Gasteiger partial charge in [0.25, 0.3) is 0 Å². The van der Waals surface area contributed by atoms with Crippen molar-refractivity contribution in [2.24, 2.45) is 17.4 Å². The van der Waals surface area contributed by atoms with Gasteiger partial charge in [-0.05, 0) is 31.0 Å². The maximum atomic E-state index is 11.3. The number of carbonyl (C=O) groups excluding carboxylic acids is 1. The molecular formula is C13H17N3O. The zero-order valence-corrected chi connectivity index (χ0v) is 9.65. The minimum atomic E-state index is -0.277. The number of benzene rings is 1. The second kappa shape index (κ2) is 5.01. The molecule has 4 nitrogen and oxygen atoms in total. The number of H-pyrrole nitrogens is 1. The number of amides is 1. The zero-order valence-electron chi connectivity index (χ0n) is 9.65. The van der Waals surface area contributed by atoms with Crippen LogP contribution in [0.3, 0.4) is 0 Å². The van der Waals surface area contributed by atoms with E-state index in [0.717, 1.165) is 16.5 Å². The van der Waals surface area contributed by atoms with Crippen molar-refractivity contribution in [3.63, 3.8) is 0 Å².